The van der Waals surface area contributed by atoms with Crippen molar-refractivity contribution in [2.75, 3.05) is 13.1 Å². The molecule has 1 aliphatic heterocycles. The van der Waals surface area contributed by atoms with E-state index in [1.165, 1.54) is 5.56 Å². The van der Waals surface area contributed by atoms with Gasteiger partial charge in [-0.05, 0) is 18.6 Å². The van der Waals surface area contributed by atoms with Crippen molar-refractivity contribution in [3.8, 4) is 10.6 Å². The summed E-state index contributed by atoms with van der Waals surface area (Å²) in [6, 6.07) is 6.15. The Morgan fingerprint density at radius 3 is 2.95 bits per heavy atom. The number of nitrogens with zero attached hydrogens (tertiary/aromatic N) is 2. The largest absolute Gasteiger partial charge is 0.372 e. The van der Waals surface area contributed by atoms with Crippen LogP contribution in [0.2, 0.25) is 5.02 Å². The predicted molar refractivity (Wildman–Crippen MR) is 81.3 cm³/mol. The number of aliphatic imine (C=N–C) groups is 1. The summed E-state index contributed by atoms with van der Waals surface area (Å²) in [5, 5.41) is 7.04. The van der Waals surface area contributed by atoms with E-state index < -0.39 is 0 Å². The Hall–Kier alpha value is -1.39. The van der Waals surface area contributed by atoms with Crippen LogP contribution in [-0.4, -0.2) is 23.9 Å². The molecule has 0 radical (unpaired) electrons. The highest BCUT2D eigenvalue weighted by Gasteiger charge is 2.10. The first-order chi connectivity index (χ1) is 9.22. The summed E-state index contributed by atoms with van der Waals surface area (Å²) in [6.45, 7) is 3.81. The number of aromatic nitrogens is 1. The van der Waals surface area contributed by atoms with Gasteiger partial charge in [-0.15, -0.1) is 11.3 Å². The number of halogens is 1. The first-order valence-electron chi connectivity index (χ1n) is 6.20. The number of hydrogen-bond donors (Lipinski definition) is 1. The van der Waals surface area contributed by atoms with Crippen molar-refractivity contribution < 1.29 is 0 Å². The summed E-state index contributed by atoms with van der Waals surface area (Å²) < 4.78 is 0. The molecule has 3 nitrogen and oxygen atoms in total. The molecule has 2 aromatic rings. The van der Waals surface area contributed by atoms with Gasteiger partial charge in [-0.25, -0.2) is 4.98 Å². The fourth-order valence-electron chi connectivity index (χ4n) is 2.08. The van der Waals surface area contributed by atoms with Crippen molar-refractivity contribution in [2.24, 2.45) is 4.99 Å². The first kappa shape index (κ1) is 12.6. The van der Waals surface area contributed by atoms with Gasteiger partial charge >= 0.3 is 0 Å². The molecule has 1 aromatic carbocycles. The van der Waals surface area contributed by atoms with Crippen LogP contribution in [0.25, 0.3) is 10.6 Å². The summed E-state index contributed by atoms with van der Waals surface area (Å²) >= 11 is 7.99. The third-order valence-electron chi connectivity index (χ3n) is 3.00. The van der Waals surface area contributed by atoms with Crippen molar-refractivity contribution in [1.29, 1.82) is 0 Å². The van der Waals surface area contributed by atoms with Crippen LogP contribution in [0.5, 0.6) is 0 Å². The average Bonchev–Trinajstić information content (AvgIpc) is 3.01. The number of benzene rings is 1. The minimum absolute atomic E-state index is 0.755. The fraction of sp³-hybridized carbons (Fsp3) is 0.286. The lowest BCUT2D eigenvalue weighted by molar-refractivity contribution is 0.953. The lowest BCUT2D eigenvalue weighted by atomic mass is 10.1. The molecule has 3 rings (SSSR count). The van der Waals surface area contributed by atoms with E-state index in [9.17, 15) is 0 Å². The molecule has 2 heterocycles. The maximum atomic E-state index is 6.37. The van der Waals surface area contributed by atoms with Crippen LogP contribution < -0.4 is 5.32 Å². The number of amidine groups is 1. The maximum absolute atomic E-state index is 6.37. The molecular formula is C14H14ClN3S. The third-order valence-corrected chi connectivity index (χ3v) is 4.30. The molecule has 0 saturated carbocycles. The van der Waals surface area contributed by atoms with Gasteiger partial charge in [0.25, 0.3) is 0 Å². The van der Waals surface area contributed by atoms with Gasteiger partial charge in [0.05, 0.1) is 11.6 Å². The monoisotopic (exact) mass is 291 g/mol. The van der Waals surface area contributed by atoms with Gasteiger partial charge in [0, 0.05) is 29.6 Å². The third kappa shape index (κ3) is 2.80. The van der Waals surface area contributed by atoms with E-state index in [1.54, 1.807) is 11.3 Å². The van der Waals surface area contributed by atoms with Gasteiger partial charge in [0.15, 0.2) is 0 Å². The topological polar surface area (TPSA) is 37.3 Å². The Morgan fingerprint density at radius 1 is 1.42 bits per heavy atom. The van der Waals surface area contributed by atoms with Gasteiger partial charge in [-0.1, -0.05) is 23.7 Å². The first-order valence-corrected chi connectivity index (χ1v) is 7.46. The zero-order valence-corrected chi connectivity index (χ0v) is 12.2. The molecule has 1 N–H and O–H groups in total. The molecule has 0 unspecified atom stereocenters. The molecule has 19 heavy (non-hydrogen) atoms. The SMILES string of the molecule is Cc1csc(-c2ccc(CC3=NCCN3)cc2Cl)n1. The Bertz CT molecular complexity index is 633. The second kappa shape index (κ2) is 5.31. The minimum Gasteiger partial charge on any atom is -0.372 e. The van der Waals surface area contributed by atoms with E-state index in [0.29, 0.717) is 0 Å². The van der Waals surface area contributed by atoms with E-state index >= 15 is 0 Å². The van der Waals surface area contributed by atoms with E-state index in [4.69, 9.17) is 11.6 Å². The second-order valence-corrected chi connectivity index (χ2v) is 5.81. The van der Waals surface area contributed by atoms with Gasteiger partial charge in [0.2, 0.25) is 0 Å². The van der Waals surface area contributed by atoms with Gasteiger partial charge in [-0.2, -0.15) is 0 Å². The van der Waals surface area contributed by atoms with Crippen LogP contribution in [0.1, 0.15) is 11.3 Å². The standard InChI is InChI=1S/C14H14ClN3S/c1-9-8-19-14(18-9)11-3-2-10(6-12(11)15)7-13-16-4-5-17-13/h2-3,6,8H,4-5,7H2,1H3,(H,16,17). The van der Waals surface area contributed by atoms with E-state index in [1.807, 2.05) is 24.4 Å². The van der Waals surface area contributed by atoms with Gasteiger partial charge in [-0.3, -0.25) is 4.99 Å². The van der Waals surface area contributed by atoms with Crippen LogP contribution >= 0.6 is 22.9 Å². The fourth-order valence-corrected chi connectivity index (χ4v) is 3.26. The zero-order valence-electron chi connectivity index (χ0n) is 10.6. The van der Waals surface area contributed by atoms with Gasteiger partial charge in [0.1, 0.15) is 10.8 Å². The number of thiazole rings is 1. The second-order valence-electron chi connectivity index (χ2n) is 4.54. The molecular weight excluding hydrogens is 278 g/mol. The molecule has 1 aromatic heterocycles. The van der Waals surface area contributed by atoms with Crippen LogP contribution in [-0.2, 0) is 6.42 Å². The Balaban J connectivity index is 1.85. The number of aryl methyl sites for hydroxylation is 1. The van der Waals surface area contributed by atoms with Crippen molar-refractivity contribution in [3.63, 3.8) is 0 Å². The molecule has 0 bridgehead atoms. The smallest absolute Gasteiger partial charge is 0.125 e. The highest BCUT2D eigenvalue weighted by Crippen LogP contribution is 2.31. The quantitative estimate of drug-likeness (QED) is 0.942. The molecule has 0 fully saturated rings. The van der Waals surface area contributed by atoms with E-state index in [2.05, 4.69) is 21.4 Å². The van der Waals surface area contributed by atoms with Crippen LogP contribution in [0.3, 0.4) is 0 Å². The van der Waals surface area contributed by atoms with Crippen LogP contribution in [0, 0.1) is 6.92 Å². The molecule has 98 valence electrons. The van der Waals surface area contributed by atoms with Crippen molar-refractivity contribution >= 4 is 28.8 Å². The molecule has 0 saturated heterocycles. The van der Waals surface area contributed by atoms with Gasteiger partial charge < -0.3 is 5.32 Å². The summed E-state index contributed by atoms with van der Waals surface area (Å²) in [4.78, 5) is 8.87. The molecule has 5 heteroatoms. The van der Waals surface area contributed by atoms with E-state index in [-0.39, 0.29) is 0 Å². The normalized spacial score (nSPS) is 14.3. The number of hydrogen-bond acceptors (Lipinski definition) is 4. The Morgan fingerprint density at radius 2 is 2.32 bits per heavy atom. The van der Waals surface area contributed by atoms with E-state index in [0.717, 1.165) is 46.6 Å². The lowest BCUT2D eigenvalue weighted by Gasteiger charge is -2.06. The molecule has 1 aliphatic rings. The summed E-state index contributed by atoms with van der Waals surface area (Å²) in [5.41, 5.74) is 3.21. The highest BCUT2D eigenvalue weighted by molar-refractivity contribution is 7.13. The highest BCUT2D eigenvalue weighted by atomic mass is 35.5. The van der Waals surface area contributed by atoms with Crippen LogP contribution in [0.4, 0.5) is 0 Å². The average molecular weight is 292 g/mol. The maximum Gasteiger partial charge on any atom is 0.125 e. The van der Waals surface area contributed by atoms with Crippen LogP contribution in [0.15, 0.2) is 28.6 Å². The minimum atomic E-state index is 0.755. The molecule has 0 aliphatic carbocycles. The summed E-state index contributed by atoms with van der Waals surface area (Å²) in [7, 11) is 0. The van der Waals surface area contributed by atoms with Crippen molar-refractivity contribution in [1.82, 2.24) is 10.3 Å². The summed E-state index contributed by atoms with van der Waals surface area (Å²) in [6.07, 6.45) is 0.816. The number of nitrogens with one attached hydrogen (secondary N) is 1. The van der Waals surface area contributed by atoms with Crippen molar-refractivity contribution in [3.05, 3.63) is 39.9 Å². The lowest BCUT2D eigenvalue weighted by Crippen LogP contribution is -2.20. The summed E-state index contributed by atoms with van der Waals surface area (Å²) in [5.74, 6) is 1.05. The molecule has 0 spiro atoms. The number of rotatable bonds is 3. The zero-order chi connectivity index (χ0) is 13.2. The molecule has 0 atom stereocenters. The predicted octanol–water partition coefficient (Wildman–Crippen LogP) is 3.32. The Labute approximate surface area is 121 Å². The Kier molecular flexibility index (Phi) is 3.53. The van der Waals surface area contributed by atoms with Crippen molar-refractivity contribution in [2.45, 2.75) is 13.3 Å². The molecule has 0 amide bonds.